The quantitative estimate of drug-likeness (QED) is 0.341. The molecule has 2 amide bonds. The van der Waals surface area contributed by atoms with Crippen LogP contribution in [0.2, 0.25) is 5.02 Å². The molecule has 3 atom stereocenters. The van der Waals surface area contributed by atoms with Crippen LogP contribution >= 0.6 is 11.6 Å². The van der Waals surface area contributed by atoms with Crippen molar-refractivity contribution in [3.8, 4) is 0 Å². The molecule has 0 radical (unpaired) electrons. The Morgan fingerprint density at radius 2 is 1.74 bits per heavy atom. The van der Waals surface area contributed by atoms with Crippen LogP contribution in [0.5, 0.6) is 0 Å². The Bertz CT molecular complexity index is 1190. The number of halogens is 1. The number of rotatable bonds is 12. The van der Waals surface area contributed by atoms with Gasteiger partial charge in [0.2, 0.25) is 11.8 Å². The topological polar surface area (TPSA) is 115 Å². The van der Waals surface area contributed by atoms with Gasteiger partial charge in [-0.1, -0.05) is 57.7 Å². The van der Waals surface area contributed by atoms with E-state index in [1.807, 2.05) is 54.6 Å². The van der Waals surface area contributed by atoms with Crippen molar-refractivity contribution in [2.45, 2.75) is 32.9 Å². The molecule has 0 saturated carbocycles. The Kier molecular flexibility index (Phi) is 17.2. The van der Waals surface area contributed by atoms with Gasteiger partial charge in [0.15, 0.2) is 0 Å². The van der Waals surface area contributed by atoms with Crippen molar-refractivity contribution in [2.24, 2.45) is 18.7 Å². The molecule has 1 aromatic heterocycles. The van der Waals surface area contributed by atoms with Crippen LogP contribution in [-0.2, 0) is 26.1 Å². The zero-order chi connectivity index (χ0) is 32.5. The van der Waals surface area contributed by atoms with Crippen molar-refractivity contribution >= 4 is 29.0 Å². The van der Waals surface area contributed by atoms with Gasteiger partial charge in [0.25, 0.3) is 0 Å². The molecular weight excluding hydrogens is 568 g/mol. The highest BCUT2D eigenvalue weighted by Crippen LogP contribution is 2.39. The van der Waals surface area contributed by atoms with Gasteiger partial charge in [-0.3, -0.25) is 14.5 Å². The number of nitrogens with two attached hydrogens (primary N) is 1. The number of ether oxygens (including phenoxy) is 2. The number of amides is 2. The number of benzene rings is 1. The van der Waals surface area contributed by atoms with Crippen LogP contribution in [0, 0.1) is 5.92 Å². The highest BCUT2D eigenvalue weighted by Gasteiger charge is 2.33. The van der Waals surface area contributed by atoms with Gasteiger partial charge in [-0.2, -0.15) is 0 Å². The summed E-state index contributed by atoms with van der Waals surface area (Å²) in [6.45, 7) is 20.4. The lowest BCUT2D eigenvalue weighted by Gasteiger charge is -2.42. The van der Waals surface area contributed by atoms with Gasteiger partial charge in [-0.05, 0) is 41.0 Å². The van der Waals surface area contributed by atoms with Gasteiger partial charge in [0, 0.05) is 58.5 Å². The largest absolute Gasteiger partial charge is 0.405 e. The zero-order valence-electron chi connectivity index (χ0n) is 26.5. The van der Waals surface area contributed by atoms with E-state index in [0.717, 1.165) is 16.8 Å². The molecule has 1 aliphatic heterocycles. The first-order valence-corrected chi connectivity index (χ1v) is 14.7. The summed E-state index contributed by atoms with van der Waals surface area (Å²) in [6.07, 6.45) is 6.59. The number of carbonyl (C=O) groups is 2. The molecule has 1 aromatic carbocycles. The van der Waals surface area contributed by atoms with E-state index in [2.05, 4.69) is 47.6 Å². The molecule has 3 unspecified atom stereocenters. The second-order valence-electron chi connectivity index (χ2n) is 9.74. The maximum atomic E-state index is 12.6. The van der Waals surface area contributed by atoms with E-state index < -0.39 is 6.04 Å². The summed E-state index contributed by atoms with van der Waals surface area (Å²) in [7, 11) is 4.88. The van der Waals surface area contributed by atoms with E-state index in [0.29, 0.717) is 36.8 Å². The molecular formula is C32H49ClN6O4. The predicted octanol–water partition coefficient (Wildman–Crippen LogP) is 4.36. The van der Waals surface area contributed by atoms with Gasteiger partial charge >= 0.3 is 0 Å². The van der Waals surface area contributed by atoms with E-state index >= 15 is 0 Å². The second kappa shape index (κ2) is 19.7. The number of aryl methyl sites for hydroxylation is 1. The lowest BCUT2D eigenvalue weighted by atomic mass is 9.85. The molecule has 238 valence electrons. The second-order valence-corrected chi connectivity index (χ2v) is 10.2. The van der Waals surface area contributed by atoms with E-state index in [1.54, 1.807) is 12.5 Å². The standard InChI is InChI=1S/C28H38ClN5O4.C2H5N.C2H6/c1-7-19(2)28(34-12-10-33(11-13-34)26(36)17-38-6)22-9-8-21(29)14-23(22)20(3)27(31-25(35)16-37-5)24-15-30-18-32(24)4;1-2-3;1-2/h7-9,14-15,18-19,27-28H,1,3,10-13,16-17H2,2,4-6H3,(H,31,35);2H,1,3H2;1-2H3. The molecule has 10 nitrogen and oxygen atoms in total. The van der Waals surface area contributed by atoms with E-state index in [-0.39, 0.29) is 37.0 Å². The summed E-state index contributed by atoms with van der Waals surface area (Å²) >= 11 is 6.51. The van der Waals surface area contributed by atoms with Crippen LogP contribution in [0.3, 0.4) is 0 Å². The summed E-state index contributed by atoms with van der Waals surface area (Å²) in [5.74, 6) is -0.190. The molecule has 0 bridgehead atoms. The van der Waals surface area contributed by atoms with Gasteiger partial charge in [-0.15, -0.1) is 6.58 Å². The molecule has 11 heteroatoms. The van der Waals surface area contributed by atoms with Crippen LogP contribution in [0.1, 0.15) is 49.7 Å². The van der Waals surface area contributed by atoms with Crippen molar-refractivity contribution in [3.63, 3.8) is 0 Å². The fourth-order valence-corrected chi connectivity index (χ4v) is 5.12. The number of nitrogens with zero attached hydrogens (tertiary/aromatic N) is 4. The van der Waals surface area contributed by atoms with E-state index in [1.165, 1.54) is 20.4 Å². The Morgan fingerprint density at radius 3 is 2.26 bits per heavy atom. The third-order valence-electron chi connectivity index (χ3n) is 6.96. The third-order valence-corrected chi connectivity index (χ3v) is 7.19. The third kappa shape index (κ3) is 10.7. The molecule has 2 aromatic rings. The normalized spacial score (nSPS) is 15.0. The van der Waals surface area contributed by atoms with Crippen molar-refractivity contribution in [1.29, 1.82) is 0 Å². The Balaban J connectivity index is 0.00000174. The number of hydrogen-bond acceptors (Lipinski definition) is 7. The lowest BCUT2D eigenvalue weighted by Crippen LogP contribution is -2.51. The highest BCUT2D eigenvalue weighted by molar-refractivity contribution is 6.30. The summed E-state index contributed by atoms with van der Waals surface area (Å²) in [5, 5.41) is 3.61. The first-order valence-electron chi connectivity index (χ1n) is 14.3. The maximum Gasteiger partial charge on any atom is 0.248 e. The monoisotopic (exact) mass is 616 g/mol. The molecule has 1 saturated heterocycles. The molecule has 1 aliphatic rings. The number of carbonyl (C=O) groups excluding carboxylic acids is 2. The highest BCUT2D eigenvalue weighted by atomic mass is 35.5. The summed E-state index contributed by atoms with van der Waals surface area (Å²) < 4.78 is 11.9. The van der Waals surface area contributed by atoms with Crippen molar-refractivity contribution < 1.29 is 19.1 Å². The first kappa shape index (κ1) is 37.6. The minimum Gasteiger partial charge on any atom is -0.405 e. The van der Waals surface area contributed by atoms with Crippen LogP contribution in [0.4, 0.5) is 0 Å². The number of piperazine rings is 1. The van der Waals surface area contributed by atoms with Crippen molar-refractivity contribution in [1.82, 2.24) is 24.7 Å². The van der Waals surface area contributed by atoms with Gasteiger partial charge in [0.05, 0.1) is 24.3 Å². The van der Waals surface area contributed by atoms with Crippen LogP contribution in [-0.4, -0.2) is 84.8 Å². The minimum atomic E-state index is -0.550. The van der Waals surface area contributed by atoms with Crippen molar-refractivity contribution in [3.05, 3.63) is 84.6 Å². The van der Waals surface area contributed by atoms with Gasteiger partial charge in [-0.25, -0.2) is 4.98 Å². The molecule has 43 heavy (non-hydrogen) atoms. The number of imidazole rings is 1. The Morgan fingerprint density at radius 1 is 1.14 bits per heavy atom. The molecule has 1 fully saturated rings. The minimum absolute atomic E-state index is 0.00755. The smallest absolute Gasteiger partial charge is 0.248 e. The molecule has 0 spiro atoms. The molecule has 3 N–H and O–H groups in total. The lowest BCUT2D eigenvalue weighted by molar-refractivity contribution is -0.137. The summed E-state index contributed by atoms with van der Waals surface area (Å²) in [6, 6.07) is 5.19. The van der Waals surface area contributed by atoms with Crippen LogP contribution < -0.4 is 11.1 Å². The Hall–Kier alpha value is -3.44. The number of methoxy groups -OCH3 is 2. The van der Waals surface area contributed by atoms with Gasteiger partial charge in [0.1, 0.15) is 13.2 Å². The fraction of sp³-hybridized carbons (Fsp3) is 0.469. The SMILES string of the molecule is C=CC(C)C(c1ccc(Cl)cc1C(=C)C(NC(=O)COC)c1cncn1C)N1CCN(C(=O)COC)CC1.C=CN.CC. The van der Waals surface area contributed by atoms with E-state index in [9.17, 15) is 9.59 Å². The number of aromatic nitrogens is 2. The molecule has 3 rings (SSSR count). The van der Waals surface area contributed by atoms with Crippen molar-refractivity contribution in [2.75, 3.05) is 53.6 Å². The maximum absolute atomic E-state index is 12.6. The average molecular weight is 617 g/mol. The summed E-state index contributed by atoms with van der Waals surface area (Å²) in [4.78, 5) is 33.4. The Labute approximate surface area is 262 Å². The molecule has 0 aliphatic carbocycles. The summed E-state index contributed by atoms with van der Waals surface area (Å²) in [5.41, 5.74) is 7.95. The van der Waals surface area contributed by atoms with E-state index in [4.69, 9.17) is 21.1 Å². The number of nitrogens with one attached hydrogen (secondary N) is 1. The zero-order valence-corrected chi connectivity index (χ0v) is 27.3. The number of hydrogen-bond donors (Lipinski definition) is 2. The molecule has 2 heterocycles. The average Bonchev–Trinajstić information content (AvgIpc) is 3.43. The van der Waals surface area contributed by atoms with Gasteiger partial charge < -0.3 is 30.0 Å². The first-order chi connectivity index (χ1) is 20.6. The predicted molar refractivity (Wildman–Crippen MR) is 174 cm³/mol. The fourth-order valence-electron chi connectivity index (χ4n) is 4.94. The van der Waals surface area contributed by atoms with Crippen LogP contribution in [0.25, 0.3) is 5.57 Å². The van der Waals surface area contributed by atoms with Crippen LogP contribution in [0.15, 0.2) is 62.7 Å².